The van der Waals surface area contributed by atoms with Crippen molar-refractivity contribution in [1.29, 1.82) is 0 Å². The first-order valence-corrected chi connectivity index (χ1v) is 8.62. The Morgan fingerprint density at radius 2 is 1.67 bits per heavy atom. The molecular formula is C20H25N3O. The zero-order valence-corrected chi connectivity index (χ0v) is 14.2. The van der Waals surface area contributed by atoms with Crippen LogP contribution in [-0.2, 0) is 11.3 Å². The van der Waals surface area contributed by atoms with Crippen molar-refractivity contribution >= 4 is 17.3 Å². The molecule has 2 aromatic rings. The highest BCUT2D eigenvalue weighted by molar-refractivity contribution is 5.80. The second-order valence-corrected chi connectivity index (χ2v) is 6.36. The van der Waals surface area contributed by atoms with Gasteiger partial charge in [0.1, 0.15) is 0 Å². The number of carbonyl (C=O) groups excluding carboxylic acids is 1. The maximum atomic E-state index is 12.0. The molecular weight excluding hydrogens is 298 g/mol. The summed E-state index contributed by atoms with van der Waals surface area (Å²) in [5.41, 5.74) is 4.58. The quantitative estimate of drug-likeness (QED) is 0.857. The summed E-state index contributed by atoms with van der Waals surface area (Å²) >= 11 is 0. The molecule has 3 rings (SSSR count). The third-order valence-electron chi connectivity index (χ3n) is 4.40. The molecule has 1 heterocycles. The molecule has 0 saturated carbocycles. The van der Waals surface area contributed by atoms with Gasteiger partial charge < -0.3 is 15.5 Å². The monoisotopic (exact) mass is 323 g/mol. The molecule has 1 saturated heterocycles. The first-order chi connectivity index (χ1) is 11.7. The zero-order chi connectivity index (χ0) is 16.8. The molecule has 0 radical (unpaired) electrons. The van der Waals surface area contributed by atoms with Gasteiger partial charge in [0.2, 0.25) is 5.91 Å². The summed E-state index contributed by atoms with van der Waals surface area (Å²) < 4.78 is 0. The van der Waals surface area contributed by atoms with Gasteiger partial charge >= 0.3 is 0 Å². The Balaban J connectivity index is 1.43. The summed E-state index contributed by atoms with van der Waals surface area (Å²) in [6.07, 6.45) is 2.56. The van der Waals surface area contributed by atoms with Crippen LogP contribution in [-0.4, -0.2) is 25.5 Å². The minimum atomic E-state index is -0.000746. The fourth-order valence-corrected chi connectivity index (χ4v) is 2.92. The highest BCUT2D eigenvalue weighted by Crippen LogP contribution is 2.21. The van der Waals surface area contributed by atoms with Gasteiger partial charge in [-0.3, -0.25) is 4.79 Å². The van der Waals surface area contributed by atoms with Crippen molar-refractivity contribution in [2.75, 3.05) is 29.9 Å². The van der Waals surface area contributed by atoms with E-state index in [1.807, 2.05) is 24.3 Å². The lowest BCUT2D eigenvalue weighted by molar-refractivity contribution is -0.119. The van der Waals surface area contributed by atoms with Gasteiger partial charge in [0.05, 0.1) is 6.54 Å². The number of rotatable bonds is 6. The van der Waals surface area contributed by atoms with E-state index < -0.39 is 0 Å². The van der Waals surface area contributed by atoms with Crippen LogP contribution in [0.2, 0.25) is 0 Å². The summed E-state index contributed by atoms with van der Waals surface area (Å²) in [5, 5.41) is 6.11. The van der Waals surface area contributed by atoms with Crippen LogP contribution in [0.1, 0.15) is 24.0 Å². The van der Waals surface area contributed by atoms with Gasteiger partial charge in [-0.15, -0.1) is 0 Å². The highest BCUT2D eigenvalue weighted by atomic mass is 16.1. The Kier molecular flexibility index (Phi) is 5.36. The predicted molar refractivity (Wildman–Crippen MR) is 99.4 cm³/mol. The minimum Gasteiger partial charge on any atom is -0.376 e. The predicted octanol–water partition coefficient (Wildman–Crippen LogP) is 3.32. The molecule has 1 aliphatic heterocycles. The first-order valence-electron chi connectivity index (χ1n) is 8.62. The smallest absolute Gasteiger partial charge is 0.239 e. The molecule has 24 heavy (non-hydrogen) atoms. The first kappa shape index (κ1) is 16.4. The van der Waals surface area contributed by atoms with E-state index in [2.05, 4.69) is 46.7 Å². The molecule has 126 valence electrons. The Bertz CT molecular complexity index is 658. The third kappa shape index (κ3) is 4.51. The number of amides is 1. The summed E-state index contributed by atoms with van der Waals surface area (Å²) in [6.45, 7) is 5.20. The van der Waals surface area contributed by atoms with E-state index >= 15 is 0 Å². The molecule has 1 fully saturated rings. The van der Waals surface area contributed by atoms with Crippen LogP contribution in [0.3, 0.4) is 0 Å². The number of aryl methyl sites for hydroxylation is 1. The maximum absolute atomic E-state index is 12.0. The Labute approximate surface area is 143 Å². The molecule has 2 N–H and O–H groups in total. The van der Waals surface area contributed by atoms with E-state index in [0.29, 0.717) is 6.54 Å². The summed E-state index contributed by atoms with van der Waals surface area (Å²) in [6, 6.07) is 16.5. The van der Waals surface area contributed by atoms with E-state index in [9.17, 15) is 4.79 Å². The number of carbonyl (C=O) groups is 1. The van der Waals surface area contributed by atoms with Crippen LogP contribution in [0.5, 0.6) is 0 Å². The average Bonchev–Trinajstić information content (AvgIpc) is 3.14. The number of nitrogens with zero attached hydrogens (tertiary/aromatic N) is 1. The molecule has 0 aliphatic carbocycles. The number of benzene rings is 2. The molecule has 1 amide bonds. The van der Waals surface area contributed by atoms with Gasteiger partial charge in [0.25, 0.3) is 0 Å². The Morgan fingerprint density at radius 3 is 2.33 bits per heavy atom. The van der Waals surface area contributed by atoms with Crippen LogP contribution in [0.15, 0.2) is 48.5 Å². The largest absolute Gasteiger partial charge is 0.376 e. The lowest BCUT2D eigenvalue weighted by atomic mass is 10.1. The number of nitrogens with one attached hydrogen (secondary N) is 2. The molecule has 0 spiro atoms. The Hall–Kier alpha value is -2.49. The normalized spacial score (nSPS) is 13.8. The van der Waals surface area contributed by atoms with E-state index in [0.717, 1.165) is 24.3 Å². The highest BCUT2D eigenvalue weighted by Gasteiger charge is 2.11. The lowest BCUT2D eigenvalue weighted by Gasteiger charge is -2.18. The van der Waals surface area contributed by atoms with Gasteiger partial charge in [0, 0.05) is 31.0 Å². The van der Waals surface area contributed by atoms with Gasteiger partial charge in [-0.25, -0.2) is 0 Å². The topological polar surface area (TPSA) is 44.4 Å². The second kappa shape index (κ2) is 7.86. The van der Waals surface area contributed by atoms with E-state index in [1.165, 1.54) is 24.1 Å². The molecule has 0 atom stereocenters. The number of hydrogen-bond donors (Lipinski definition) is 2. The van der Waals surface area contributed by atoms with Gasteiger partial charge in [0.15, 0.2) is 0 Å². The average molecular weight is 323 g/mol. The van der Waals surface area contributed by atoms with Crippen LogP contribution in [0.4, 0.5) is 11.4 Å². The van der Waals surface area contributed by atoms with Gasteiger partial charge in [-0.2, -0.15) is 0 Å². The fraction of sp³-hybridized carbons (Fsp3) is 0.350. The van der Waals surface area contributed by atoms with Gasteiger partial charge in [-0.1, -0.05) is 29.8 Å². The van der Waals surface area contributed by atoms with Crippen molar-refractivity contribution in [2.24, 2.45) is 0 Å². The maximum Gasteiger partial charge on any atom is 0.239 e. The SMILES string of the molecule is Cc1ccc(CNC(=O)CNc2ccc(N3CCCC3)cc2)cc1. The Morgan fingerprint density at radius 1 is 1.00 bits per heavy atom. The van der Waals surface area contributed by atoms with Crippen molar-refractivity contribution in [3.05, 3.63) is 59.7 Å². The summed E-state index contributed by atoms with van der Waals surface area (Å²) in [5.74, 6) is -0.000746. The van der Waals surface area contributed by atoms with Crippen molar-refractivity contribution in [3.63, 3.8) is 0 Å². The fourth-order valence-electron chi connectivity index (χ4n) is 2.92. The van der Waals surface area contributed by atoms with Crippen LogP contribution < -0.4 is 15.5 Å². The third-order valence-corrected chi connectivity index (χ3v) is 4.40. The van der Waals surface area contributed by atoms with Crippen molar-refractivity contribution in [1.82, 2.24) is 5.32 Å². The molecule has 4 nitrogen and oxygen atoms in total. The van der Waals surface area contributed by atoms with Crippen LogP contribution in [0.25, 0.3) is 0 Å². The molecule has 0 aromatic heterocycles. The molecule has 0 bridgehead atoms. The van der Waals surface area contributed by atoms with E-state index in [1.54, 1.807) is 0 Å². The number of hydrogen-bond acceptors (Lipinski definition) is 3. The van der Waals surface area contributed by atoms with Crippen LogP contribution in [0, 0.1) is 6.92 Å². The zero-order valence-electron chi connectivity index (χ0n) is 14.2. The van der Waals surface area contributed by atoms with E-state index in [-0.39, 0.29) is 12.5 Å². The standard InChI is InChI=1S/C20H25N3O/c1-16-4-6-17(7-5-16)14-22-20(24)15-21-18-8-10-19(11-9-18)23-12-2-3-13-23/h4-11,21H,2-3,12-15H2,1H3,(H,22,24). The van der Waals surface area contributed by atoms with Crippen LogP contribution >= 0.6 is 0 Å². The summed E-state index contributed by atoms with van der Waals surface area (Å²) in [7, 11) is 0. The molecule has 2 aromatic carbocycles. The van der Waals surface area contributed by atoms with Crippen molar-refractivity contribution in [2.45, 2.75) is 26.3 Å². The molecule has 0 unspecified atom stereocenters. The lowest BCUT2D eigenvalue weighted by Crippen LogP contribution is -2.29. The minimum absolute atomic E-state index is 0.000746. The van der Waals surface area contributed by atoms with Crippen molar-refractivity contribution < 1.29 is 4.79 Å². The van der Waals surface area contributed by atoms with Crippen molar-refractivity contribution in [3.8, 4) is 0 Å². The van der Waals surface area contributed by atoms with Gasteiger partial charge in [-0.05, 0) is 49.6 Å². The molecule has 4 heteroatoms. The van der Waals surface area contributed by atoms with E-state index in [4.69, 9.17) is 0 Å². The summed E-state index contributed by atoms with van der Waals surface area (Å²) in [4.78, 5) is 14.4. The molecule has 1 aliphatic rings. The second-order valence-electron chi connectivity index (χ2n) is 6.36. The number of anilines is 2.